The van der Waals surface area contributed by atoms with Crippen molar-refractivity contribution < 1.29 is 8.42 Å². The number of benzene rings is 1. The summed E-state index contributed by atoms with van der Waals surface area (Å²) in [7, 11) is -0.508. The van der Waals surface area contributed by atoms with E-state index in [2.05, 4.69) is 9.97 Å². The van der Waals surface area contributed by atoms with Gasteiger partial charge in [-0.15, -0.1) is 0 Å². The summed E-state index contributed by atoms with van der Waals surface area (Å²) >= 11 is 1.36. The van der Waals surface area contributed by atoms with Gasteiger partial charge in [0.25, 0.3) is 0 Å². The van der Waals surface area contributed by atoms with Gasteiger partial charge in [-0.2, -0.15) is 0 Å². The van der Waals surface area contributed by atoms with Crippen LogP contribution < -0.4 is 5.73 Å². The molecule has 1 aromatic carbocycles. The van der Waals surface area contributed by atoms with Crippen LogP contribution in [0.1, 0.15) is 0 Å². The van der Waals surface area contributed by atoms with Gasteiger partial charge in [0.2, 0.25) is 10.0 Å². The summed E-state index contributed by atoms with van der Waals surface area (Å²) in [6.07, 6.45) is 3.08. The number of sulfonamides is 1. The second-order valence-electron chi connectivity index (χ2n) is 4.14. The highest BCUT2D eigenvalue weighted by Crippen LogP contribution is 2.32. The molecule has 0 spiro atoms. The molecule has 20 heavy (non-hydrogen) atoms. The van der Waals surface area contributed by atoms with E-state index in [1.165, 1.54) is 44.3 Å². The summed E-state index contributed by atoms with van der Waals surface area (Å²) in [5.41, 5.74) is 6.32. The molecule has 0 bridgehead atoms. The Labute approximate surface area is 122 Å². The zero-order valence-electron chi connectivity index (χ0n) is 11.0. The van der Waals surface area contributed by atoms with E-state index in [1.54, 1.807) is 18.3 Å². The van der Waals surface area contributed by atoms with Crippen LogP contribution in [0.3, 0.4) is 0 Å². The Morgan fingerprint density at radius 2 is 2.00 bits per heavy atom. The molecule has 0 radical (unpaired) electrons. The number of nitrogens with two attached hydrogens (primary N) is 1. The predicted octanol–water partition coefficient (Wildman–Crippen LogP) is 1.46. The first-order chi connectivity index (χ1) is 9.41. The molecule has 0 aliphatic heterocycles. The molecule has 0 atom stereocenters. The average molecular weight is 310 g/mol. The number of anilines is 1. The molecule has 0 aliphatic carbocycles. The molecule has 2 N–H and O–H groups in total. The van der Waals surface area contributed by atoms with Gasteiger partial charge < -0.3 is 5.73 Å². The van der Waals surface area contributed by atoms with E-state index in [4.69, 9.17) is 5.73 Å². The molecule has 0 saturated carbocycles. The summed E-state index contributed by atoms with van der Waals surface area (Å²) in [6, 6.07) is 6.43. The van der Waals surface area contributed by atoms with Crippen molar-refractivity contribution in [3.05, 3.63) is 36.8 Å². The molecule has 0 fully saturated rings. The smallest absolute Gasteiger partial charge is 0.242 e. The predicted molar refractivity (Wildman–Crippen MR) is 77.9 cm³/mol. The Bertz CT molecular complexity index is 703. The van der Waals surface area contributed by atoms with E-state index >= 15 is 0 Å². The lowest BCUT2D eigenvalue weighted by Gasteiger charge is -2.13. The molecule has 6 nitrogen and oxygen atoms in total. The summed E-state index contributed by atoms with van der Waals surface area (Å²) < 4.78 is 25.1. The highest BCUT2D eigenvalue weighted by Gasteiger charge is 2.18. The van der Waals surface area contributed by atoms with Crippen LogP contribution in [-0.4, -0.2) is 36.8 Å². The van der Waals surface area contributed by atoms with Gasteiger partial charge in [-0.1, -0.05) is 11.8 Å². The van der Waals surface area contributed by atoms with Crippen LogP contribution >= 0.6 is 11.8 Å². The van der Waals surface area contributed by atoms with Crippen molar-refractivity contribution in [2.45, 2.75) is 14.8 Å². The number of nitrogen functional groups attached to an aromatic ring is 1. The SMILES string of the molecule is CN(C)S(=O)(=O)c1ccc(Sc2ccncn2)c(N)c1. The van der Waals surface area contributed by atoms with Gasteiger partial charge >= 0.3 is 0 Å². The normalized spacial score (nSPS) is 11.8. The highest BCUT2D eigenvalue weighted by atomic mass is 32.2. The Morgan fingerprint density at radius 3 is 2.55 bits per heavy atom. The highest BCUT2D eigenvalue weighted by molar-refractivity contribution is 7.99. The lowest BCUT2D eigenvalue weighted by Crippen LogP contribution is -2.22. The van der Waals surface area contributed by atoms with Crippen LogP contribution in [-0.2, 0) is 10.0 Å². The summed E-state index contributed by atoms with van der Waals surface area (Å²) in [6.45, 7) is 0. The molecule has 0 amide bonds. The fraction of sp³-hybridized carbons (Fsp3) is 0.167. The number of aromatic nitrogens is 2. The number of hydrogen-bond donors (Lipinski definition) is 1. The monoisotopic (exact) mass is 310 g/mol. The van der Waals surface area contributed by atoms with E-state index in [1.807, 2.05) is 0 Å². The summed E-state index contributed by atoms with van der Waals surface area (Å²) in [5.74, 6) is 0. The zero-order chi connectivity index (χ0) is 14.8. The first-order valence-corrected chi connectivity index (χ1v) is 7.93. The van der Waals surface area contributed by atoms with E-state index in [-0.39, 0.29) is 4.90 Å². The first-order valence-electron chi connectivity index (χ1n) is 5.67. The van der Waals surface area contributed by atoms with Gasteiger partial charge in [0.05, 0.1) is 4.90 Å². The van der Waals surface area contributed by atoms with E-state index < -0.39 is 10.0 Å². The van der Waals surface area contributed by atoms with Gasteiger partial charge in [-0.05, 0) is 24.3 Å². The third-order valence-electron chi connectivity index (χ3n) is 2.53. The summed E-state index contributed by atoms with van der Waals surface area (Å²) in [5, 5.41) is 0.745. The number of hydrogen-bond acceptors (Lipinski definition) is 6. The fourth-order valence-corrected chi connectivity index (χ4v) is 3.15. The van der Waals surface area contributed by atoms with Gasteiger partial charge in [0, 0.05) is 30.9 Å². The fourth-order valence-electron chi connectivity index (χ4n) is 1.44. The first kappa shape index (κ1) is 14.8. The average Bonchev–Trinajstić information content (AvgIpc) is 2.42. The molecule has 1 aromatic heterocycles. The molecule has 8 heteroatoms. The third-order valence-corrected chi connectivity index (χ3v) is 5.38. The van der Waals surface area contributed by atoms with Crippen LogP contribution in [0.5, 0.6) is 0 Å². The molecular formula is C12H14N4O2S2. The van der Waals surface area contributed by atoms with Crippen molar-refractivity contribution in [1.29, 1.82) is 0 Å². The minimum atomic E-state index is -3.47. The second kappa shape index (κ2) is 5.78. The molecule has 2 aromatic rings. The minimum absolute atomic E-state index is 0.173. The maximum Gasteiger partial charge on any atom is 0.242 e. The Balaban J connectivity index is 2.32. The topological polar surface area (TPSA) is 89.2 Å². The molecule has 0 saturated heterocycles. The van der Waals surface area contributed by atoms with Crippen LogP contribution in [0.2, 0.25) is 0 Å². The molecule has 106 valence electrons. The van der Waals surface area contributed by atoms with Gasteiger partial charge in [-0.25, -0.2) is 22.7 Å². The van der Waals surface area contributed by atoms with E-state index in [0.29, 0.717) is 5.69 Å². The lowest BCUT2D eigenvalue weighted by atomic mass is 10.3. The van der Waals surface area contributed by atoms with Crippen molar-refractivity contribution in [2.24, 2.45) is 0 Å². The molecule has 2 rings (SSSR count). The van der Waals surface area contributed by atoms with Crippen LogP contribution in [0.4, 0.5) is 5.69 Å². The summed E-state index contributed by atoms with van der Waals surface area (Å²) in [4.78, 5) is 8.84. The van der Waals surface area contributed by atoms with E-state index in [9.17, 15) is 8.42 Å². The molecule has 1 heterocycles. The van der Waals surface area contributed by atoms with Crippen molar-refractivity contribution in [3.8, 4) is 0 Å². The Hall–Kier alpha value is -1.64. The van der Waals surface area contributed by atoms with Gasteiger partial charge in [-0.3, -0.25) is 0 Å². The van der Waals surface area contributed by atoms with Gasteiger partial charge in [0.1, 0.15) is 11.4 Å². The number of rotatable bonds is 4. The lowest BCUT2D eigenvalue weighted by molar-refractivity contribution is 0.520. The maximum absolute atomic E-state index is 12.0. The third kappa shape index (κ3) is 3.09. The largest absolute Gasteiger partial charge is 0.398 e. The maximum atomic E-state index is 12.0. The Morgan fingerprint density at radius 1 is 1.25 bits per heavy atom. The minimum Gasteiger partial charge on any atom is -0.398 e. The number of nitrogens with zero attached hydrogens (tertiary/aromatic N) is 3. The van der Waals surface area contributed by atoms with E-state index in [0.717, 1.165) is 14.2 Å². The quantitative estimate of drug-likeness (QED) is 0.679. The van der Waals surface area contributed by atoms with Crippen molar-refractivity contribution >= 4 is 27.5 Å². The van der Waals surface area contributed by atoms with Crippen LogP contribution in [0, 0.1) is 0 Å². The van der Waals surface area contributed by atoms with Crippen molar-refractivity contribution in [2.75, 3.05) is 19.8 Å². The Kier molecular flexibility index (Phi) is 4.26. The molecular weight excluding hydrogens is 296 g/mol. The second-order valence-corrected chi connectivity index (χ2v) is 7.35. The van der Waals surface area contributed by atoms with Crippen molar-refractivity contribution in [3.63, 3.8) is 0 Å². The van der Waals surface area contributed by atoms with Crippen molar-refractivity contribution in [1.82, 2.24) is 14.3 Å². The standard InChI is InChI=1S/C12H14N4O2S2/c1-16(2)20(17,18)9-3-4-11(10(13)7-9)19-12-5-6-14-8-15-12/h3-8H,13H2,1-2H3. The van der Waals surface area contributed by atoms with Gasteiger partial charge in [0.15, 0.2) is 0 Å². The zero-order valence-corrected chi connectivity index (χ0v) is 12.6. The van der Waals surface area contributed by atoms with Crippen LogP contribution in [0.15, 0.2) is 51.6 Å². The molecule has 0 aliphatic rings. The van der Waals surface area contributed by atoms with Crippen LogP contribution in [0.25, 0.3) is 0 Å². The molecule has 0 unspecified atom stereocenters.